The summed E-state index contributed by atoms with van der Waals surface area (Å²) in [5, 5.41) is 0. The molecule has 0 fully saturated rings. The fraction of sp³-hybridized carbons (Fsp3) is 0.143. The van der Waals surface area contributed by atoms with E-state index in [2.05, 4.69) is 0 Å². The van der Waals surface area contributed by atoms with Crippen LogP contribution in [0.25, 0.3) is 0 Å². The Kier molecular flexibility index (Phi) is 3.36. The highest BCUT2D eigenvalue weighted by molar-refractivity contribution is 6.17. The lowest BCUT2D eigenvalue weighted by molar-refractivity contribution is 0.174. The van der Waals surface area contributed by atoms with E-state index in [-0.39, 0.29) is 18.4 Å². The van der Waals surface area contributed by atoms with Gasteiger partial charge < -0.3 is 14.2 Å². The number of hydrogen-bond donors (Lipinski definition) is 0. The van der Waals surface area contributed by atoms with Crippen LogP contribution < -0.4 is 14.2 Å². The number of halogens is 3. The summed E-state index contributed by atoms with van der Waals surface area (Å²) in [6.45, 7) is 0.117. The molecule has 2 aromatic carbocycles. The molecule has 0 amide bonds. The predicted molar refractivity (Wildman–Crippen MR) is 68.6 cm³/mol. The van der Waals surface area contributed by atoms with Crippen LogP contribution in [-0.4, -0.2) is 6.79 Å². The lowest BCUT2D eigenvalue weighted by Crippen LogP contribution is -1.95. The van der Waals surface area contributed by atoms with E-state index in [4.69, 9.17) is 25.8 Å². The van der Waals surface area contributed by atoms with E-state index in [1.54, 1.807) is 12.1 Å². The minimum absolute atomic E-state index is 0.0259. The molecule has 1 aliphatic rings. The summed E-state index contributed by atoms with van der Waals surface area (Å²) in [5.41, 5.74) is 0.347. The van der Waals surface area contributed by atoms with Crippen LogP contribution in [0.15, 0.2) is 30.3 Å². The second kappa shape index (κ2) is 5.17. The monoisotopic (exact) mass is 298 g/mol. The second-order valence-electron chi connectivity index (χ2n) is 4.14. The summed E-state index contributed by atoms with van der Waals surface area (Å²) in [6.07, 6.45) is 0. The number of fused-ring (bicyclic) bond motifs is 1. The topological polar surface area (TPSA) is 27.7 Å². The molecule has 20 heavy (non-hydrogen) atoms. The van der Waals surface area contributed by atoms with E-state index in [1.807, 2.05) is 0 Å². The normalized spacial score (nSPS) is 12.6. The smallest absolute Gasteiger partial charge is 0.231 e. The number of rotatable bonds is 3. The van der Waals surface area contributed by atoms with Gasteiger partial charge in [-0.25, -0.2) is 8.78 Å². The van der Waals surface area contributed by atoms with E-state index >= 15 is 0 Å². The summed E-state index contributed by atoms with van der Waals surface area (Å²) >= 11 is 5.54. The largest absolute Gasteiger partial charge is 0.454 e. The third kappa shape index (κ3) is 2.36. The molecule has 0 atom stereocenters. The summed E-state index contributed by atoms with van der Waals surface area (Å²) in [5.74, 6) is -0.769. The van der Waals surface area contributed by atoms with E-state index < -0.39 is 17.4 Å². The van der Waals surface area contributed by atoms with E-state index in [1.165, 1.54) is 6.07 Å². The quantitative estimate of drug-likeness (QED) is 0.794. The zero-order chi connectivity index (χ0) is 14.1. The molecule has 0 bridgehead atoms. The van der Waals surface area contributed by atoms with Crippen LogP contribution in [0.5, 0.6) is 23.0 Å². The van der Waals surface area contributed by atoms with Crippen molar-refractivity contribution in [3.63, 3.8) is 0 Å². The first-order valence-electron chi connectivity index (χ1n) is 5.79. The van der Waals surface area contributed by atoms with Crippen molar-refractivity contribution < 1.29 is 23.0 Å². The van der Waals surface area contributed by atoms with Crippen LogP contribution in [0.3, 0.4) is 0 Å². The standard InChI is InChI=1S/C14H9ClF2O3/c15-6-8-3-10(16)14(11(17)4-8)20-9-1-2-12-13(5-9)19-7-18-12/h1-5H,6-7H2. The molecule has 0 aromatic heterocycles. The number of hydrogen-bond acceptors (Lipinski definition) is 3. The zero-order valence-corrected chi connectivity index (χ0v) is 10.9. The van der Waals surface area contributed by atoms with Crippen molar-refractivity contribution >= 4 is 11.6 Å². The molecule has 3 rings (SSSR count). The first-order chi connectivity index (χ1) is 9.67. The summed E-state index contributed by atoms with van der Waals surface area (Å²) < 4.78 is 43.1. The van der Waals surface area contributed by atoms with Gasteiger partial charge in [-0.1, -0.05) is 0 Å². The molecule has 1 aliphatic heterocycles. The Morgan fingerprint density at radius 1 is 1.05 bits per heavy atom. The Bertz CT molecular complexity index is 638. The van der Waals surface area contributed by atoms with Crippen LogP contribution in [0.1, 0.15) is 5.56 Å². The molecule has 0 unspecified atom stereocenters. The molecule has 3 nitrogen and oxygen atoms in total. The maximum atomic E-state index is 13.8. The van der Waals surface area contributed by atoms with Gasteiger partial charge in [0.25, 0.3) is 0 Å². The van der Waals surface area contributed by atoms with Crippen molar-refractivity contribution in [3.8, 4) is 23.0 Å². The Balaban J connectivity index is 1.91. The zero-order valence-electron chi connectivity index (χ0n) is 10.2. The Morgan fingerprint density at radius 3 is 2.45 bits per heavy atom. The molecule has 2 aromatic rings. The van der Waals surface area contributed by atoms with Crippen molar-refractivity contribution in [2.75, 3.05) is 6.79 Å². The Labute approximate surface area is 118 Å². The fourth-order valence-electron chi connectivity index (χ4n) is 1.85. The van der Waals surface area contributed by atoms with Crippen LogP contribution >= 0.6 is 11.6 Å². The second-order valence-corrected chi connectivity index (χ2v) is 4.41. The van der Waals surface area contributed by atoms with Gasteiger partial charge in [0.15, 0.2) is 28.9 Å². The van der Waals surface area contributed by atoms with Crippen LogP contribution in [0.2, 0.25) is 0 Å². The van der Waals surface area contributed by atoms with E-state index in [0.29, 0.717) is 17.1 Å². The predicted octanol–water partition coefficient (Wildman–Crippen LogP) is 4.22. The Hall–Kier alpha value is -2.01. The number of benzene rings is 2. The molecular formula is C14H9ClF2O3. The van der Waals surface area contributed by atoms with Crippen LogP contribution in [-0.2, 0) is 5.88 Å². The van der Waals surface area contributed by atoms with Gasteiger partial charge in [-0.2, -0.15) is 0 Å². The first-order valence-corrected chi connectivity index (χ1v) is 6.32. The minimum Gasteiger partial charge on any atom is -0.454 e. The van der Waals surface area contributed by atoms with Gasteiger partial charge in [0.05, 0.1) is 0 Å². The highest BCUT2D eigenvalue weighted by Gasteiger charge is 2.17. The molecule has 0 saturated heterocycles. The lowest BCUT2D eigenvalue weighted by atomic mass is 10.2. The highest BCUT2D eigenvalue weighted by atomic mass is 35.5. The van der Waals surface area contributed by atoms with Crippen LogP contribution in [0, 0.1) is 11.6 Å². The molecule has 6 heteroatoms. The molecular weight excluding hydrogens is 290 g/mol. The van der Waals surface area contributed by atoms with Gasteiger partial charge in [-0.15, -0.1) is 11.6 Å². The van der Waals surface area contributed by atoms with Gasteiger partial charge in [-0.3, -0.25) is 0 Å². The molecule has 0 aliphatic carbocycles. The van der Waals surface area contributed by atoms with Crippen LogP contribution in [0.4, 0.5) is 8.78 Å². The fourth-order valence-corrected chi connectivity index (χ4v) is 2.00. The summed E-state index contributed by atoms with van der Waals surface area (Å²) in [7, 11) is 0. The van der Waals surface area contributed by atoms with Crippen molar-refractivity contribution in [1.82, 2.24) is 0 Å². The average Bonchev–Trinajstić information content (AvgIpc) is 2.90. The van der Waals surface area contributed by atoms with Gasteiger partial charge in [0.2, 0.25) is 6.79 Å². The van der Waals surface area contributed by atoms with E-state index in [9.17, 15) is 8.78 Å². The van der Waals surface area contributed by atoms with Crippen molar-refractivity contribution in [2.45, 2.75) is 5.88 Å². The van der Waals surface area contributed by atoms with Gasteiger partial charge in [-0.05, 0) is 29.8 Å². The van der Waals surface area contributed by atoms with Gasteiger partial charge >= 0.3 is 0 Å². The van der Waals surface area contributed by atoms with Gasteiger partial charge in [0.1, 0.15) is 5.75 Å². The summed E-state index contributed by atoms with van der Waals surface area (Å²) in [4.78, 5) is 0. The Morgan fingerprint density at radius 2 is 1.75 bits per heavy atom. The molecule has 104 valence electrons. The van der Waals surface area contributed by atoms with Crippen molar-refractivity contribution in [3.05, 3.63) is 47.5 Å². The molecule has 0 saturated carbocycles. The molecule has 0 N–H and O–H groups in total. The average molecular weight is 299 g/mol. The lowest BCUT2D eigenvalue weighted by Gasteiger charge is -2.09. The molecule has 0 spiro atoms. The maximum Gasteiger partial charge on any atom is 0.231 e. The number of alkyl halides is 1. The van der Waals surface area contributed by atoms with Crippen molar-refractivity contribution in [1.29, 1.82) is 0 Å². The maximum absolute atomic E-state index is 13.8. The summed E-state index contributed by atoms with van der Waals surface area (Å²) in [6, 6.07) is 6.94. The molecule has 0 radical (unpaired) electrons. The number of ether oxygens (including phenoxy) is 3. The third-order valence-electron chi connectivity index (χ3n) is 2.78. The minimum atomic E-state index is -0.807. The SMILES string of the molecule is Fc1cc(CCl)cc(F)c1Oc1ccc2c(c1)OCO2. The highest BCUT2D eigenvalue weighted by Crippen LogP contribution is 2.37. The third-order valence-corrected chi connectivity index (χ3v) is 3.08. The van der Waals surface area contributed by atoms with Gasteiger partial charge in [0, 0.05) is 11.9 Å². The molecule has 1 heterocycles. The van der Waals surface area contributed by atoms with Crippen molar-refractivity contribution in [2.24, 2.45) is 0 Å². The first kappa shape index (κ1) is 13.0. The van der Waals surface area contributed by atoms with E-state index in [0.717, 1.165) is 12.1 Å².